The summed E-state index contributed by atoms with van der Waals surface area (Å²) in [6.07, 6.45) is -4.46. The number of alkyl halides is 3. The Bertz CT molecular complexity index is 539. The molecule has 1 heterocycles. The smallest absolute Gasteiger partial charge is 0.367 e. The number of carbonyl (C=O) groups excluding carboxylic acids is 1. The second kappa shape index (κ2) is 6.43. The van der Waals surface area contributed by atoms with Crippen LogP contribution in [0.5, 0.6) is 0 Å². The van der Waals surface area contributed by atoms with Crippen molar-refractivity contribution >= 4 is 17.4 Å². The Balaban J connectivity index is 2.28. The fraction of sp³-hybridized carbons (Fsp3) is 0.500. The van der Waals surface area contributed by atoms with Gasteiger partial charge in [0.15, 0.2) is 0 Å². The molecule has 0 aliphatic carbocycles. The maximum atomic E-state index is 12.8. The molecule has 8 heteroatoms. The van der Waals surface area contributed by atoms with Gasteiger partial charge in [-0.3, -0.25) is 0 Å². The van der Waals surface area contributed by atoms with Crippen LogP contribution in [0.3, 0.4) is 0 Å². The van der Waals surface area contributed by atoms with Gasteiger partial charge in [0.05, 0.1) is 16.9 Å². The second-order valence-corrected chi connectivity index (χ2v) is 5.14. The molecule has 1 fully saturated rings. The SMILES string of the molecule is CCN1CCN(c2ccc(C(F)(F)F)cc2NC(N)=O)CC1. The van der Waals surface area contributed by atoms with Gasteiger partial charge in [-0.25, -0.2) is 4.79 Å². The van der Waals surface area contributed by atoms with E-state index in [2.05, 4.69) is 17.1 Å². The minimum absolute atomic E-state index is 0.0901. The van der Waals surface area contributed by atoms with Crippen molar-refractivity contribution < 1.29 is 18.0 Å². The van der Waals surface area contributed by atoms with Crippen LogP contribution in [0.25, 0.3) is 0 Å². The summed E-state index contributed by atoms with van der Waals surface area (Å²) in [6, 6.07) is 2.45. The van der Waals surface area contributed by atoms with Gasteiger partial charge in [-0.1, -0.05) is 6.92 Å². The summed E-state index contributed by atoms with van der Waals surface area (Å²) >= 11 is 0. The minimum Gasteiger partial charge on any atom is -0.367 e. The molecular formula is C14H19F3N4O. The quantitative estimate of drug-likeness (QED) is 0.900. The summed E-state index contributed by atoms with van der Waals surface area (Å²) in [7, 11) is 0. The Morgan fingerprint density at radius 2 is 1.91 bits per heavy atom. The van der Waals surface area contributed by atoms with E-state index >= 15 is 0 Å². The average Bonchev–Trinajstić information content (AvgIpc) is 2.46. The number of primary amides is 1. The number of benzene rings is 1. The number of urea groups is 1. The maximum absolute atomic E-state index is 12.8. The number of likely N-dealkylation sites (N-methyl/N-ethyl adjacent to an activating group) is 1. The number of halogens is 3. The van der Waals surface area contributed by atoms with E-state index in [1.165, 1.54) is 6.07 Å². The molecule has 3 N–H and O–H groups in total. The molecule has 22 heavy (non-hydrogen) atoms. The van der Waals surface area contributed by atoms with Crippen LogP contribution in [0.4, 0.5) is 29.3 Å². The van der Waals surface area contributed by atoms with Crippen LogP contribution in [0, 0.1) is 0 Å². The molecule has 1 aromatic carbocycles. The lowest BCUT2D eigenvalue weighted by Crippen LogP contribution is -2.46. The molecule has 0 aromatic heterocycles. The maximum Gasteiger partial charge on any atom is 0.416 e. The van der Waals surface area contributed by atoms with E-state index in [1.54, 1.807) is 0 Å². The molecule has 0 bridgehead atoms. The van der Waals surface area contributed by atoms with Gasteiger partial charge < -0.3 is 20.9 Å². The third-order valence-corrected chi connectivity index (χ3v) is 3.74. The van der Waals surface area contributed by atoms with Gasteiger partial charge in [0.2, 0.25) is 0 Å². The third-order valence-electron chi connectivity index (χ3n) is 3.74. The van der Waals surface area contributed by atoms with E-state index in [4.69, 9.17) is 5.73 Å². The van der Waals surface area contributed by atoms with Crippen LogP contribution in [0.2, 0.25) is 0 Å². The van der Waals surface area contributed by atoms with Gasteiger partial charge in [0.25, 0.3) is 0 Å². The van der Waals surface area contributed by atoms with Crippen LogP contribution in [0.1, 0.15) is 12.5 Å². The molecule has 1 aliphatic rings. The van der Waals surface area contributed by atoms with Crippen LogP contribution in [-0.2, 0) is 6.18 Å². The lowest BCUT2D eigenvalue weighted by Gasteiger charge is -2.36. The highest BCUT2D eigenvalue weighted by atomic mass is 19.4. The van der Waals surface area contributed by atoms with E-state index in [-0.39, 0.29) is 5.69 Å². The average molecular weight is 316 g/mol. The van der Waals surface area contributed by atoms with E-state index in [9.17, 15) is 18.0 Å². The van der Waals surface area contributed by atoms with Gasteiger partial charge in [0.1, 0.15) is 0 Å². The molecule has 0 radical (unpaired) electrons. The standard InChI is InChI=1S/C14H19F3N4O/c1-2-20-5-7-21(8-6-20)12-4-3-10(14(15,16)17)9-11(12)19-13(18)22/h3-4,9H,2,5-8H2,1H3,(H3,18,19,22). The number of carbonyl (C=O) groups is 1. The fourth-order valence-electron chi connectivity index (χ4n) is 2.53. The number of hydrogen-bond acceptors (Lipinski definition) is 3. The predicted molar refractivity (Wildman–Crippen MR) is 79.0 cm³/mol. The number of amides is 2. The molecule has 5 nitrogen and oxygen atoms in total. The van der Waals surface area contributed by atoms with Gasteiger partial charge in [0, 0.05) is 26.2 Å². The summed E-state index contributed by atoms with van der Waals surface area (Å²) in [5, 5.41) is 2.29. The van der Waals surface area contributed by atoms with Crippen LogP contribution in [-0.4, -0.2) is 43.7 Å². The Morgan fingerprint density at radius 1 is 1.27 bits per heavy atom. The highest BCUT2D eigenvalue weighted by molar-refractivity contribution is 5.92. The zero-order valence-electron chi connectivity index (χ0n) is 12.3. The number of nitrogens with zero attached hydrogens (tertiary/aromatic N) is 2. The van der Waals surface area contributed by atoms with Crippen molar-refractivity contribution in [1.29, 1.82) is 0 Å². The molecule has 122 valence electrons. The van der Waals surface area contributed by atoms with Crippen molar-refractivity contribution in [3.05, 3.63) is 23.8 Å². The van der Waals surface area contributed by atoms with Gasteiger partial charge in [-0.05, 0) is 24.7 Å². The normalized spacial score (nSPS) is 16.6. The summed E-state index contributed by atoms with van der Waals surface area (Å²) < 4.78 is 38.4. The summed E-state index contributed by atoms with van der Waals surface area (Å²) in [4.78, 5) is 15.3. The van der Waals surface area contributed by atoms with Crippen molar-refractivity contribution in [3.8, 4) is 0 Å². The van der Waals surface area contributed by atoms with E-state index in [0.29, 0.717) is 18.8 Å². The first kappa shape index (κ1) is 16.4. The molecule has 1 aromatic rings. The zero-order chi connectivity index (χ0) is 16.3. The Morgan fingerprint density at radius 3 is 2.41 bits per heavy atom. The monoisotopic (exact) mass is 316 g/mol. The first-order chi connectivity index (χ1) is 10.3. The molecule has 2 amide bonds. The largest absolute Gasteiger partial charge is 0.416 e. The molecule has 1 saturated heterocycles. The fourth-order valence-corrected chi connectivity index (χ4v) is 2.53. The molecule has 1 aliphatic heterocycles. The van der Waals surface area contributed by atoms with Crippen LogP contribution in [0.15, 0.2) is 18.2 Å². The topological polar surface area (TPSA) is 61.6 Å². The Labute approximate surface area is 126 Å². The molecule has 2 rings (SSSR count). The first-order valence-corrected chi connectivity index (χ1v) is 7.06. The van der Waals surface area contributed by atoms with E-state index in [1.807, 2.05) is 4.90 Å². The highest BCUT2D eigenvalue weighted by Gasteiger charge is 2.32. The van der Waals surface area contributed by atoms with Crippen LogP contribution >= 0.6 is 0 Å². The number of hydrogen-bond donors (Lipinski definition) is 2. The van der Waals surface area contributed by atoms with Gasteiger partial charge >= 0.3 is 12.2 Å². The minimum atomic E-state index is -4.46. The number of anilines is 2. The Hall–Kier alpha value is -1.96. The van der Waals surface area contributed by atoms with E-state index in [0.717, 1.165) is 31.8 Å². The zero-order valence-corrected chi connectivity index (χ0v) is 12.3. The second-order valence-electron chi connectivity index (χ2n) is 5.14. The van der Waals surface area contributed by atoms with Gasteiger partial charge in [-0.2, -0.15) is 13.2 Å². The predicted octanol–water partition coefficient (Wildman–Crippen LogP) is 2.34. The molecule has 0 unspecified atom stereocenters. The van der Waals surface area contributed by atoms with E-state index < -0.39 is 17.8 Å². The summed E-state index contributed by atoms with van der Waals surface area (Å²) in [6.45, 7) is 6.03. The number of piperazine rings is 1. The molecule has 0 spiro atoms. The van der Waals surface area contributed by atoms with Crippen molar-refractivity contribution in [2.24, 2.45) is 5.73 Å². The molecule has 0 saturated carbocycles. The van der Waals surface area contributed by atoms with Crippen molar-refractivity contribution in [3.63, 3.8) is 0 Å². The lowest BCUT2D eigenvalue weighted by atomic mass is 10.1. The summed E-state index contributed by atoms with van der Waals surface area (Å²) in [5.41, 5.74) is 4.90. The highest BCUT2D eigenvalue weighted by Crippen LogP contribution is 2.35. The van der Waals surface area contributed by atoms with Crippen molar-refractivity contribution in [1.82, 2.24) is 4.90 Å². The van der Waals surface area contributed by atoms with Crippen LogP contribution < -0.4 is 16.0 Å². The number of nitrogens with one attached hydrogen (secondary N) is 1. The summed E-state index contributed by atoms with van der Waals surface area (Å²) in [5.74, 6) is 0. The Kier molecular flexibility index (Phi) is 4.80. The van der Waals surface area contributed by atoms with Crippen molar-refractivity contribution in [2.75, 3.05) is 42.9 Å². The van der Waals surface area contributed by atoms with Crippen molar-refractivity contribution in [2.45, 2.75) is 13.1 Å². The first-order valence-electron chi connectivity index (χ1n) is 7.06. The lowest BCUT2D eigenvalue weighted by molar-refractivity contribution is -0.137. The number of rotatable bonds is 3. The molecule has 0 atom stereocenters. The van der Waals surface area contributed by atoms with Gasteiger partial charge in [-0.15, -0.1) is 0 Å². The third kappa shape index (κ3) is 3.82. The molecular weight excluding hydrogens is 297 g/mol. The number of nitrogens with two attached hydrogens (primary N) is 1.